The predicted molar refractivity (Wildman–Crippen MR) is 90.9 cm³/mol. The maximum Gasteiger partial charge on any atom is 0.422 e. The van der Waals surface area contributed by atoms with Crippen molar-refractivity contribution in [2.45, 2.75) is 33.1 Å². The van der Waals surface area contributed by atoms with Gasteiger partial charge in [-0.1, -0.05) is 17.3 Å². The Hall–Kier alpha value is -2.71. The summed E-state index contributed by atoms with van der Waals surface area (Å²) in [6.07, 6.45) is -2.92. The van der Waals surface area contributed by atoms with E-state index in [1.54, 1.807) is 31.2 Å². The highest BCUT2D eigenvalue weighted by Crippen LogP contribution is 2.24. The molecule has 0 radical (unpaired) electrons. The molecule has 2 rings (SSSR count). The van der Waals surface area contributed by atoms with Crippen LogP contribution in [0, 0.1) is 6.92 Å². The number of guanidine groups is 1. The fourth-order valence-corrected chi connectivity index (χ4v) is 2.10. The monoisotopic (exact) mass is 370 g/mol. The standard InChI is InChI=1S/C17H21F3N4O2/c1-3-21-16(23-10-14-6-7-26-24-14)22-9-13-5-4-12(2)8-15(13)25-11-17(18,19)20/h4-8H,3,9-11H2,1-2H3,(H2,21,22,23). The molecule has 0 aliphatic rings. The Morgan fingerprint density at radius 3 is 2.73 bits per heavy atom. The number of hydrogen-bond donors (Lipinski definition) is 2. The number of rotatable bonds is 7. The minimum atomic E-state index is -4.39. The molecule has 0 amide bonds. The van der Waals surface area contributed by atoms with Gasteiger partial charge in [0.05, 0.1) is 13.1 Å². The lowest BCUT2D eigenvalue weighted by atomic mass is 10.1. The molecule has 0 fully saturated rings. The van der Waals surface area contributed by atoms with Crippen LogP contribution in [0.25, 0.3) is 0 Å². The van der Waals surface area contributed by atoms with Gasteiger partial charge in [0.25, 0.3) is 0 Å². The first-order valence-electron chi connectivity index (χ1n) is 8.08. The molecule has 6 nitrogen and oxygen atoms in total. The third-order valence-electron chi connectivity index (χ3n) is 3.29. The average molecular weight is 370 g/mol. The summed E-state index contributed by atoms with van der Waals surface area (Å²) in [5, 5.41) is 9.93. The molecule has 0 bridgehead atoms. The van der Waals surface area contributed by atoms with Crippen LogP contribution in [-0.2, 0) is 13.1 Å². The maximum absolute atomic E-state index is 12.4. The quantitative estimate of drug-likeness (QED) is 0.579. The average Bonchev–Trinajstić information content (AvgIpc) is 3.09. The number of halogens is 3. The van der Waals surface area contributed by atoms with Crippen molar-refractivity contribution < 1.29 is 22.4 Å². The fraction of sp³-hybridized carbons (Fsp3) is 0.412. The molecule has 1 aromatic carbocycles. The molecule has 0 unspecified atom stereocenters. The number of ether oxygens (including phenoxy) is 1. The molecule has 0 spiro atoms. The van der Waals surface area contributed by atoms with Crippen molar-refractivity contribution in [3.63, 3.8) is 0 Å². The summed E-state index contributed by atoms with van der Waals surface area (Å²) in [6.45, 7) is 3.58. The first-order chi connectivity index (χ1) is 12.4. The van der Waals surface area contributed by atoms with Crippen molar-refractivity contribution >= 4 is 5.96 Å². The predicted octanol–water partition coefficient (Wildman–Crippen LogP) is 3.18. The van der Waals surface area contributed by atoms with E-state index in [9.17, 15) is 13.2 Å². The van der Waals surface area contributed by atoms with E-state index in [1.807, 2.05) is 6.92 Å². The largest absolute Gasteiger partial charge is 0.484 e. The van der Waals surface area contributed by atoms with Gasteiger partial charge < -0.3 is 19.9 Å². The van der Waals surface area contributed by atoms with E-state index < -0.39 is 12.8 Å². The first-order valence-corrected chi connectivity index (χ1v) is 8.08. The zero-order chi connectivity index (χ0) is 19.0. The van der Waals surface area contributed by atoms with Crippen LogP contribution < -0.4 is 15.4 Å². The Morgan fingerprint density at radius 1 is 1.27 bits per heavy atom. The summed E-state index contributed by atoms with van der Waals surface area (Å²) in [4.78, 5) is 4.39. The fourth-order valence-electron chi connectivity index (χ4n) is 2.10. The summed E-state index contributed by atoms with van der Waals surface area (Å²) in [7, 11) is 0. The molecule has 0 aliphatic heterocycles. The molecule has 1 heterocycles. The highest BCUT2D eigenvalue weighted by atomic mass is 19.4. The number of aryl methyl sites for hydroxylation is 1. The van der Waals surface area contributed by atoms with E-state index in [2.05, 4.69) is 20.8 Å². The van der Waals surface area contributed by atoms with Crippen molar-refractivity contribution in [2.24, 2.45) is 4.99 Å². The Bertz CT molecular complexity index is 715. The molecule has 0 saturated heterocycles. The van der Waals surface area contributed by atoms with E-state index in [0.717, 1.165) is 5.56 Å². The zero-order valence-corrected chi connectivity index (χ0v) is 14.6. The topological polar surface area (TPSA) is 71.7 Å². The summed E-state index contributed by atoms with van der Waals surface area (Å²) >= 11 is 0. The second kappa shape index (κ2) is 9.12. The molecule has 2 aromatic rings. The molecule has 26 heavy (non-hydrogen) atoms. The van der Waals surface area contributed by atoms with Crippen molar-refractivity contribution in [1.29, 1.82) is 0 Å². The molecular formula is C17H21F3N4O2. The van der Waals surface area contributed by atoms with Crippen molar-refractivity contribution in [1.82, 2.24) is 15.8 Å². The highest BCUT2D eigenvalue weighted by molar-refractivity contribution is 5.79. The van der Waals surface area contributed by atoms with Gasteiger partial charge in [-0.15, -0.1) is 0 Å². The van der Waals surface area contributed by atoms with Crippen LogP contribution in [-0.4, -0.2) is 30.4 Å². The Labute approximate surface area is 149 Å². The van der Waals surface area contributed by atoms with Gasteiger partial charge in [-0.05, 0) is 25.5 Å². The summed E-state index contributed by atoms with van der Waals surface area (Å²) in [6, 6.07) is 6.82. The van der Waals surface area contributed by atoms with Gasteiger partial charge in [0.15, 0.2) is 12.6 Å². The van der Waals surface area contributed by atoms with Gasteiger partial charge in [0.1, 0.15) is 17.7 Å². The smallest absolute Gasteiger partial charge is 0.422 e. The molecule has 0 aliphatic carbocycles. The lowest BCUT2D eigenvalue weighted by molar-refractivity contribution is -0.153. The molecule has 2 N–H and O–H groups in total. The van der Waals surface area contributed by atoms with Crippen LogP contribution in [0.4, 0.5) is 13.2 Å². The Balaban J connectivity index is 2.06. The van der Waals surface area contributed by atoms with Crippen molar-refractivity contribution in [3.05, 3.63) is 47.3 Å². The van der Waals surface area contributed by atoms with Crippen LogP contribution >= 0.6 is 0 Å². The molecule has 9 heteroatoms. The zero-order valence-electron chi connectivity index (χ0n) is 14.6. The lowest BCUT2D eigenvalue weighted by Crippen LogP contribution is -2.36. The molecule has 0 atom stereocenters. The number of aromatic nitrogens is 1. The molecule has 142 valence electrons. The summed E-state index contributed by atoms with van der Waals surface area (Å²) < 4.78 is 47.0. The second-order valence-corrected chi connectivity index (χ2v) is 5.55. The van der Waals surface area contributed by atoms with Gasteiger partial charge in [-0.25, -0.2) is 4.99 Å². The lowest BCUT2D eigenvalue weighted by Gasteiger charge is -2.14. The van der Waals surface area contributed by atoms with Crippen LogP contribution in [0.1, 0.15) is 23.7 Å². The minimum absolute atomic E-state index is 0.168. The number of nitrogens with one attached hydrogen (secondary N) is 2. The Kier molecular flexibility index (Phi) is 6.88. The number of alkyl halides is 3. The van der Waals surface area contributed by atoms with E-state index in [4.69, 9.17) is 9.26 Å². The SMILES string of the molecule is CCNC(=NCc1ccc(C)cc1OCC(F)(F)F)NCc1ccon1. The van der Waals surface area contributed by atoms with E-state index in [-0.39, 0.29) is 12.3 Å². The highest BCUT2D eigenvalue weighted by Gasteiger charge is 2.28. The van der Waals surface area contributed by atoms with E-state index in [1.165, 1.54) is 6.26 Å². The number of nitrogens with zero attached hydrogens (tertiary/aromatic N) is 2. The number of benzene rings is 1. The van der Waals surface area contributed by atoms with Crippen LogP contribution in [0.5, 0.6) is 5.75 Å². The molecule has 0 saturated carbocycles. The third-order valence-corrected chi connectivity index (χ3v) is 3.29. The third kappa shape index (κ3) is 6.66. The van der Waals surface area contributed by atoms with Gasteiger partial charge in [0, 0.05) is 18.2 Å². The van der Waals surface area contributed by atoms with Gasteiger partial charge in [-0.3, -0.25) is 0 Å². The van der Waals surface area contributed by atoms with Gasteiger partial charge in [-0.2, -0.15) is 13.2 Å². The summed E-state index contributed by atoms with van der Waals surface area (Å²) in [5.41, 5.74) is 2.09. The van der Waals surface area contributed by atoms with E-state index in [0.29, 0.717) is 30.3 Å². The van der Waals surface area contributed by atoms with Crippen molar-refractivity contribution in [3.8, 4) is 5.75 Å². The number of hydrogen-bond acceptors (Lipinski definition) is 4. The molecule has 1 aromatic heterocycles. The first kappa shape index (κ1) is 19.6. The van der Waals surface area contributed by atoms with Crippen LogP contribution in [0.2, 0.25) is 0 Å². The summed E-state index contributed by atoms with van der Waals surface area (Å²) in [5.74, 6) is 0.691. The van der Waals surface area contributed by atoms with Gasteiger partial charge in [0.2, 0.25) is 0 Å². The maximum atomic E-state index is 12.4. The number of aliphatic imine (C=N–C) groups is 1. The van der Waals surface area contributed by atoms with Gasteiger partial charge >= 0.3 is 6.18 Å². The van der Waals surface area contributed by atoms with Crippen LogP contribution in [0.3, 0.4) is 0 Å². The molecular weight excluding hydrogens is 349 g/mol. The van der Waals surface area contributed by atoms with Crippen LogP contribution in [0.15, 0.2) is 40.0 Å². The Morgan fingerprint density at radius 2 is 2.08 bits per heavy atom. The second-order valence-electron chi connectivity index (χ2n) is 5.55. The van der Waals surface area contributed by atoms with Crippen molar-refractivity contribution in [2.75, 3.05) is 13.2 Å². The normalized spacial score (nSPS) is 12.1. The van der Waals surface area contributed by atoms with E-state index >= 15 is 0 Å². The minimum Gasteiger partial charge on any atom is -0.484 e.